The van der Waals surface area contributed by atoms with Gasteiger partial charge in [0.15, 0.2) is 9.84 Å². The lowest BCUT2D eigenvalue weighted by Crippen LogP contribution is -2.12. The second kappa shape index (κ2) is 5.76. The van der Waals surface area contributed by atoms with Crippen molar-refractivity contribution in [2.24, 2.45) is 0 Å². The van der Waals surface area contributed by atoms with E-state index in [1.165, 1.54) is 12.3 Å². The Balaban J connectivity index is 3.25. The topological polar surface area (TPSA) is 73.3 Å². The van der Waals surface area contributed by atoms with Crippen LogP contribution in [0.4, 0.5) is 0 Å². The lowest BCUT2D eigenvalue weighted by Gasteiger charge is -2.06. The van der Waals surface area contributed by atoms with Gasteiger partial charge in [-0.15, -0.1) is 0 Å². The molecule has 0 aromatic carbocycles. The Morgan fingerprint density at radius 1 is 1.47 bits per heavy atom. The summed E-state index contributed by atoms with van der Waals surface area (Å²) in [5, 5.41) is 0. The smallest absolute Gasteiger partial charge is 0.356 e. The summed E-state index contributed by atoms with van der Waals surface area (Å²) < 4.78 is 28.8. The molecule has 0 saturated heterocycles. The Kier molecular flexibility index (Phi) is 4.87. The molecule has 0 aliphatic carbocycles. The number of esters is 1. The molecule has 1 aromatic rings. The molecule has 0 amide bonds. The number of aromatic nitrogens is 1. The first-order chi connectivity index (χ1) is 7.92. The van der Waals surface area contributed by atoms with Crippen molar-refractivity contribution in [1.29, 1.82) is 0 Å². The molecule has 0 saturated carbocycles. The molecule has 0 spiro atoms. The van der Waals surface area contributed by atoms with Gasteiger partial charge in [-0.1, -0.05) is 6.92 Å². The Labute approximate surface area is 114 Å². The largest absolute Gasteiger partial charge is 0.461 e. The van der Waals surface area contributed by atoms with Crippen molar-refractivity contribution in [3.63, 3.8) is 0 Å². The molecule has 1 rings (SSSR count). The number of nitrogens with zero attached hydrogens (tertiary/aromatic N) is 1. The monoisotopic (exact) mass is 369 g/mol. The molecule has 1 aromatic heterocycles. The molecule has 0 aliphatic heterocycles. The highest BCUT2D eigenvalue weighted by Gasteiger charge is 2.19. The number of pyridine rings is 1. The summed E-state index contributed by atoms with van der Waals surface area (Å²) in [6.45, 7) is 3.45. The zero-order valence-corrected chi connectivity index (χ0v) is 12.4. The van der Waals surface area contributed by atoms with Crippen LogP contribution in [0.15, 0.2) is 17.2 Å². The summed E-state index contributed by atoms with van der Waals surface area (Å²) in [5.74, 6) is -0.633. The van der Waals surface area contributed by atoms with Gasteiger partial charge in [0.25, 0.3) is 0 Å². The molecule has 0 aliphatic rings. The number of carbonyl (C=O) groups excluding carboxylic acids is 1. The highest BCUT2D eigenvalue weighted by atomic mass is 127. The highest BCUT2D eigenvalue weighted by Crippen LogP contribution is 2.19. The maximum atomic E-state index is 11.8. The summed E-state index contributed by atoms with van der Waals surface area (Å²) >= 11 is 1.88. The number of rotatable bonds is 4. The standard InChI is InChI=1S/C10H12INO4S/c1-3-16-10(13)8-5-9(7(11)6-12-8)17(14,15)4-2/h5-6H,3-4H2,1-2H3. The number of halogens is 1. The third-order valence-electron chi connectivity index (χ3n) is 2.02. The van der Waals surface area contributed by atoms with Crippen molar-refractivity contribution >= 4 is 38.4 Å². The second-order valence-electron chi connectivity index (χ2n) is 3.12. The van der Waals surface area contributed by atoms with Gasteiger partial charge < -0.3 is 4.74 Å². The van der Waals surface area contributed by atoms with Gasteiger partial charge >= 0.3 is 5.97 Å². The molecule has 17 heavy (non-hydrogen) atoms. The molecule has 7 heteroatoms. The Hall–Kier alpha value is -0.700. The molecule has 0 radical (unpaired) electrons. The van der Waals surface area contributed by atoms with E-state index in [0.717, 1.165) is 0 Å². The SMILES string of the molecule is CCOC(=O)c1cc(S(=O)(=O)CC)c(I)cn1. The molecule has 94 valence electrons. The number of sulfone groups is 1. The van der Waals surface area contributed by atoms with Gasteiger partial charge in [0.1, 0.15) is 5.69 Å². The summed E-state index contributed by atoms with van der Waals surface area (Å²) in [6.07, 6.45) is 1.36. The van der Waals surface area contributed by atoms with Gasteiger partial charge in [0.05, 0.1) is 20.8 Å². The van der Waals surface area contributed by atoms with Crippen LogP contribution in [-0.2, 0) is 14.6 Å². The minimum absolute atomic E-state index is 0.0132. The van der Waals surface area contributed by atoms with Crippen molar-refractivity contribution in [2.45, 2.75) is 18.7 Å². The predicted octanol–water partition coefficient (Wildman–Crippen LogP) is 1.66. The van der Waals surface area contributed by atoms with Crippen LogP contribution in [0.1, 0.15) is 24.3 Å². The molecule has 1 heterocycles. The van der Waals surface area contributed by atoms with E-state index < -0.39 is 15.8 Å². The summed E-state index contributed by atoms with van der Waals surface area (Å²) in [6, 6.07) is 1.26. The first kappa shape index (κ1) is 14.4. The van der Waals surface area contributed by atoms with Crippen LogP contribution in [0.2, 0.25) is 0 Å². The number of hydrogen-bond acceptors (Lipinski definition) is 5. The molecule has 5 nitrogen and oxygen atoms in total. The zero-order valence-electron chi connectivity index (χ0n) is 9.44. The number of ether oxygens (including phenoxy) is 1. The van der Waals surface area contributed by atoms with Crippen LogP contribution < -0.4 is 0 Å². The van der Waals surface area contributed by atoms with E-state index >= 15 is 0 Å². The number of carbonyl (C=O) groups is 1. The van der Waals surface area contributed by atoms with E-state index in [1.54, 1.807) is 13.8 Å². The molecule has 0 bridgehead atoms. The van der Waals surface area contributed by atoms with Crippen LogP contribution in [-0.4, -0.2) is 31.7 Å². The van der Waals surface area contributed by atoms with Crippen LogP contribution in [0, 0.1) is 3.57 Å². The zero-order chi connectivity index (χ0) is 13.1. The normalized spacial score (nSPS) is 11.2. The fourth-order valence-electron chi connectivity index (χ4n) is 1.13. The minimum atomic E-state index is -3.36. The lowest BCUT2D eigenvalue weighted by atomic mass is 10.3. The second-order valence-corrected chi connectivity index (χ2v) is 6.53. The lowest BCUT2D eigenvalue weighted by molar-refractivity contribution is 0.0519. The van der Waals surface area contributed by atoms with Crippen molar-refractivity contribution < 1.29 is 17.9 Å². The maximum Gasteiger partial charge on any atom is 0.356 e. The summed E-state index contributed by atoms with van der Waals surface area (Å²) in [7, 11) is -3.36. The average molecular weight is 369 g/mol. The third-order valence-corrected chi connectivity index (χ3v) is 5.01. The Morgan fingerprint density at radius 3 is 2.65 bits per heavy atom. The van der Waals surface area contributed by atoms with E-state index in [4.69, 9.17) is 4.74 Å². The van der Waals surface area contributed by atoms with E-state index in [-0.39, 0.29) is 22.9 Å². The third kappa shape index (κ3) is 3.38. The van der Waals surface area contributed by atoms with Gasteiger partial charge in [-0.3, -0.25) is 0 Å². The predicted molar refractivity (Wildman–Crippen MR) is 70.6 cm³/mol. The van der Waals surface area contributed by atoms with Crippen molar-refractivity contribution in [1.82, 2.24) is 4.98 Å². The van der Waals surface area contributed by atoms with Crippen LogP contribution in [0.5, 0.6) is 0 Å². The summed E-state index contributed by atoms with van der Waals surface area (Å²) in [4.78, 5) is 15.4. The molecular weight excluding hydrogens is 357 g/mol. The van der Waals surface area contributed by atoms with Gasteiger partial charge in [-0.2, -0.15) is 0 Å². The van der Waals surface area contributed by atoms with Crippen molar-refractivity contribution in [2.75, 3.05) is 12.4 Å². The first-order valence-corrected chi connectivity index (χ1v) is 7.71. The summed E-state index contributed by atoms with van der Waals surface area (Å²) in [5.41, 5.74) is 0.0132. The maximum absolute atomic E-state index is 11.8. The van der Waals surface area contributed by atoms with Crippen LogP contribution in [0.25, 0.3) is 0 Å². The Morgan fingerprint density at radius 2 is 2.12 bits per heavy atom. The fourth-order valence-corrected chi connectivity index (χ4v) is 3.38. The van der Waals surface area contributed by atoms with E-state index in [9.17, 15) is 13.2 Å². The average Bonchev–Trinajstić information content (AvgIpc) is 2.29. The molecule has 0 N–H and O–H groups in total. The minimum Gasteiger partial charge on any atom is -0.461 e. The van der Waals surface area contributed by atoms with Crippen molar-refractivity contribution in [3.8, 4) is 0 Å². The number of hydrogen-bond donors (Lipinski definition) is 0. The van der Waals surface area contributed by atoms with Crippen LogP contribution >= 0.6 is 22.6 Å². The molecule has 0 fully saturated rings. The molecule has 0 atom stereocenters. The van der Waals surface area contributed by atoms with Gasteiger partial charge in [0.2, 0.25) is 0 Å². The molecule has 0 unspecified atom stereocenters. The first-order valence-electron chi connectivity index (χ1n) is 4.97. The van der Waals surface area contributed by atoms with Gasteiger partial charge in [-0.25, -0.2) is 18.2 Å². The van der Waals surface area contributed by atoms with Crippen molar-refractivity contribution in [3.05, 3.63) is 21.5 Å². The fraction of sp³-hybridized carbons (Fsp3) is 0.400. The van der Waals surface area contributed by atoms with Gasteiger partial charge in [0, 0.05) is 6.20 Å². The van der Waals surface area contributed by atoms with E-state index in [0.29, 0.717) is 3.57 Å². The highest BCUT2D eigenvalue weighted by molar-refractivity contribution is 14.1. The van der Waals surface area contributed by atoms with E-state index in [1.807, 2.05) is 22.6 Å². The Bertz CT molecular complexity index is 527. The molecular formula is C10H12INO4S. The van der Waals surface area contributed by atoms with Crippen LogP contribution in [0.3, 0.4) is 0 Å². The van der Waals surface area contributed by atoms with E-state index in [2.05, 4.69) is 4.98 Å². The van der Waals surface area contributed by atoms with Gasteiger partial charge in [-0.05, 0) is 35.6 Å². The quantitative estimate of drug-likeness (QED) is 0.596.